The van der Waals surface area contributed by atoms with Gasteiger partial charge in [-0.1, -0.05) is 37.3 Å². The standard InChI is InChI=1S/C13H18O2/c1-3-12(13(14)15-2)10-9-11-7-5-4-6-8-11/h4-8,12H,3,9-10H2,1-2H3. The Kier molecular flexibility index (Phi) is 4.88. The Labute approximate surface area is 91.3 Å². The van der Waals surface area contributed by atoms with Gasteiger partial charge in [0.05, 0.1) is 13.0 Å². The number of esters is 1. The minimum Gasteiger partial charge on any atom is -0.469 e. The highest BCUT2D eigenvalue weighted by atomic mass is 16.5. The quantitative estimate of drug-likeness (QED) is 0.692. The van der Waals surface area contributed by atoms with Crippen LogP contribution in [0.4, 0.5) is 0 Å². The maximum atomic E-state index is 11.3. The summed E-state index contributed by atoms with van der Waals surface area (Å²) in [4.78, 5) is 11.3. The molecular weight excluding hydrogens is 188 g/mol. The Morgan fingerprint density at radius 2 is 2.00 bits per heavy atom. The van der Waals surface area contributed by atoms with E-state index in [-0.39, 0.29) is 11.9 Å². The van der Waals surface area contributed by atoms with Crippen molar-refractivity contribution in [1.82, 2.24) is 0 Å². The van der Waals surface area contributed by atoms with Crippen molar-refractivity contribution in [3.63, 3.8) is 0 Å². The van der Waals surface area contributed by atoms with Crippen LogP contribution in [0.5, 0.6) is 0 Å². The number of methoxy groups -OCH3 is 1. The molecule has 0 aromatic heterocycles. The lowest BCUT2D eigenvalue weighted by molar-refractivity contribution is -0.145. The monoisotopic (exact) mass is 206 g/mol. The van der Waals surface area contributed by atoms with Gasteiger partial charge in [-0.3, -0.25) is 4.79 Å². The molecule has 1 unspecified atom stereocenters. The first-order valence-corrected chi connectivity index (χ1v) is 5.39. The van der Waals surface area contributed by atoms with E-state index in [0.717, 1.165) is 19.3 Å². The van der Waals surface area contributed by atoms with Crippen molar-refractivity contribution >= 4 is 5.97 Å². The van der Waals surface area contributed by atoms with E-state index in [9.17, 15) is 4.79 Å². The predicted molar refractivity (Wildman–Crippen MR) is 60.6 cm³/mol. The zero-order chi connectivity index (χ0) is 11.1. The van der Waals surface area contributed by atoms with Crippen LogP contribution in [0.1, 0.15) is 25.3 Å². The fraction of sp³-hybridized carbons (Fsp3) is 0.462. The van der Waals surface area contributed by atoms with E-state index in [0.29, 0.717) is 0 Å². The first-order valence-electron chi connectivity index (χ1n) is 5.39. The molecule has 1 aromatic rings. The van der Waals surface area contributed by atoms with E-state index >= 15 is 0 Å². The molecule has 0 saturated carbocycles. The van der Waals surface area contributed by atoms with Crippen molar-refractivity contribution in [3.05, 3.63) is 35.9 Å². The van der Waals surface area contributed by atoms with Gasteiger partial charge in [0.25, 0.3) is 0 Å². The molecule has 0 fully saturated rings. The van der Waals surface area contributed by atoms with Crippen LogP contribution in [-0.4, -0.2) is 13.1 Å². The summed E-state index contributed by atoms with van der Waals surface area (Å²) in [6.45, 7) is 2.02. The van der Waals surface area contributed by atoms with Crippen LogP contribution in [0, 0.1) is 5.92 Å². The van der Waals surface area contributed by atoms with Crippen LogP contribution >= 0.6 is 0 Å². The molecule has 0 amide bonds. The third-order valence-corrected chi connectivity index (χ3v) is 2.65. The van der Waals surface area contributed by atoms with Gasteiger partial charge in [-0.05, 0) is 24.8 Å². The number of hydrogen-bond donors (Lipinski definition) is 0. The summed E-state index contributed by atoms with van der Waals surface area (Å²) in [5, 5.41) is 0. The highest BCUT2D eigenvalue weighted by Crippen LogP contribution is 2.14. The Balaban J connectivity index is 2.44. The number of aryl methyl sites for hydroxylation is 1. The normalized spacial score (nSPS) is 12.1. The molecule has 82 valence electrons. The molecule has 0 bridgehead atoms. The minimum atomic E-state index is -0.0894. The molecular formula is C13H18O2. The molecule has 0 aliphatic carbocycles. The molecule has 1 rings (SSSR count). The van der Waals surface area contributed by atoms with Gasteiger partial charge < -0.3 is 4.74 Å². The van der Waals surface area contributed by atoms with Gasteiger partial charge in [0.15, 0.2) is 0 Å². The van der Waals surface area contributed by atoms with Crippen molar-refractivity contribution in [2.45, 2.75) is 26.2 Å². The fourth-order valence-corrected chi connectivity index (χ4v) is 1.64. The zero-order valence-electron chi connectivity index (χ0n) is 9.40. The second kappa shape index (κ2) is 6.23. The second-order valence-electron chi connectivity index (χ2n) is 3.65. The number of rotatable bonds is 5. The van der Waals surface area contributed by atoms with Gasteiger partial charge in [-0.15, -0.1) is 0 Å². The average Bonchev–Trinajstić information content (AvgIpc) is 2.31. The molecule has 0 radical (unpaired) electrons. The summed E-state index contributed by atoms with van der Waals surface area (Å²) in [6.07, 6.45) is 2.65. The van der Waals surface area contributed by atoms with Crippen molar-refractivity contribution in [2.75, 3.05) is 7.11 Å². The van der Waals surface area contributed by atoms with E-state index in [2.05, 4.69) is 12.1 Å². The Morgan fingerprint density at radius 3 is 2.53 bits per heavy atom. The summed E-state index contributed by atoms with van der Waals surface area (Å²) in [5.41, 5.74) is 1.28. The number of carbonyl (C=O) groups excluding carboxylic acids is 1. The highest BCUT2D eigenvalue weighted by molar-refractivity contribution is 5.72. The van der Waals surface area contributed by atoms with Crippen LogP contribution in [0.25, 0.3) is 0 Å². The summed E-state index contributed by atoms with van der Waals surface area (Å²) < 4.78 is 4.75. The van der Waals surface area contributed by atoms with Gasteiger partial charge in [0.2, 0.25) is 0 Å². The lowest BCUT2D eigenvalue weighted by Crippen LogP contribution is -2.16. The largest absolute Gasteiger partial charge is 0.469 e. The lowest BCUT2D eigenvalue weighted by Gasteiger charge is -2.11. The smallest absolute Gasteiger partial charge is 0.308 e. The number of ether oxygens (including phenoxy) is 1. The Morgan fingerprint density at radius 1 is 1.33 bits per heavy atom. The number of hydrogen-bond acceptors (Lipinski definition) is 2. The highest BCUT2D eigenvalue weighted by Gasteiger charge is 2.16. The molecule has 0 aliphatic heterocycles. The number of carbonyl (C=O) groups is 1. The van der Waals surface area contributed by atoms with E-state index in [4.69, 9.17) is 4.74 Å². The van der Waals surface area contributed by atoms with Crippen molar-refractivity contribution in [2.24, 2.45) is 5.92 Å². The maximum Gasteiger partial charge on any atom is 0.308 e. The van der Waals surface area contributed by atoms with Crippen molar-refractivity contribution in [1.29, 1.82) is 0 Å². The molecule has 0 N–H and O–H groups in total. The van der Waals surface area contributed by atoms with E-state index in [1.54, 1.807) is 0 Å². The molecule has 0 spiro atoms. The summed E-state index contributed by atoms with van der Waals surface area (Å²) in [6, 6.07) is 10.2. The SMILES string of the molecule is CCC(CCc1ccccc1)C(=O)OC. The predicted octanol–water partition coefficient (Wildman–Crippen LogP) is 2.82. The fourth-order valence-electron chi connectivity index (χ4n) is 1.64. The molecule has 0 saturated heterocycles. The minimum absolute atomic E-state index is 0.0372. The summed E-state index contributed by atoms with van der Waals surface area (Å²) in [5.74, 6) is -0.0522. The lowest BCUT2D eigenvalue weighted by atomic mass is 9.97. The van der Waals surface area contributed by atoms with Crippen LogP contribution in [-0.2, 0) is 16.0 Å². The topological polar surface area (TPSA) is 26.3 Å². The third-order valence-electron chi connectivity index (χ3n) is 2.65. The van der Waals surface area contributed by atoms with Gasteiger partial charge in [-0.2, -0.15) is 0 Å². The molecule has 2 heteroatoms. The van der Waals surface area contributed by atoms with Gasteiger partial charge in [0, 0.05) is 0 Å². The summed E-state index contributed by atoms with van der Waals surface area (Å²) in [7, 11) is 1.45. The van der Waals surface area contributed by atoms with Crippen molar-refractivity contribution < 1.29 is 9.53 Å². The maximum absolute atomic E-state index is 11.3. The Bertz CT molecular complexity index is 293. The van der Waals surface area contributed by atoms with Crippen LogP contribution in [0.2, 0.25) is 0 Å². The molecule has 1 atom stereocenters. The molecule has 0 aliphatic rings. The second-order valence-corrected chi connectivity index (χ2v) is 3.65. The van der Waals surface area contributed by atoms with E-state index < -0.39 is 0 Å². The van der Waals surface area contributed by atoms with Gasteiger partial charge >= 0.3 is 5.97 Å². The van der Waals surface area contributed by atoms with Gasteiger partial charge in [0.1, 0.15) is 0 Å². The van der Waals surface area contributed by atoms with Crippen LogP contribution in [0.3, 0.4) is 0 Å². The van der Waals surface area contributed by atoms with Crippen molar-refractivity contribution in [3.8, 4) is 0 Å². The zero-order valence-corrected chi connectivity index (χ0v) is 9.40. The first kappa shape index (κ1) is 11.8. The van der Waals surface area contributed by atoms with Gasteiger partial charge in [-0.25, -0.2) is 0 Å². The van der Waals surface area contributed by atoms with Crippen LogP contribution in [0.15, 0.2) is 30.3 Å². The molecule has 15 heavy (non-hydrogen) atoms. The summed E-state index contributed by atoms with van der Waals surface area (Å²) >= 11 is 0. The van der Waals surface area contributed by atoms with Crippen LogP contribution < -0.4 is 0 Å². The molecule has 1 aromatic carbocycles. The average molecular weight is 206 g/mol. The Hall–Kier alpha value is -1.31. The number of benzene rings is 1. The first-order chi connectivity index (χ1) is 7.27. The van der Waals surface area contributed by atoms with E-state index in [1.807, 2.05) is 25.1 Å². The molecule has 0 heterocycles. The molecule has 2 nitrogen and oxygen atoms in total. The van der Waals surface area contributed by atoms with E-state index in [1.165, 1.54) is 12.7 Å². The third kappa shape index (κ3) is 3.74.